The molecule has 2 atom stereocenters. The van der Waals surface area contributed by atoms with Gasteiger partial charge in [-0.1, -0.05) is 0 Å². The summed E-state index contributed by atoms with van der Waals surface area (Å²) < 4.78 is 7.95. The van der Waals surface area contributed by atoms with Crippen LogP contribution in [0, 0.1) is 0 Å². The fourth-order valence-corrected chi connectivity index (χ4v) is 3.58. The molecule has 1 amide bonds. The van der Waals surface area contributed by atoms with Gasteiger partial charge in [0, 0.05) is 24.9 Å². The number of rotatable bonds is 3. The van der Waals surface area contributed by atoms with E-state index in [4.69, 9.17) is 4.74 Å². The van der Waals surface area contributed by atoms with Crippen molar-refractivity contribution in [1.29, 1.82) is 0 Å². The molecule has 2 aromatic rings. The average Bonchev–Trinajstić information content (AvgIpc) is 3.20. The molecule has 4 rings (SSSR count). The van der Waals surface area contributed by atoms with Gasteiger partial charge in [0.05, 0.1) is 36.3 Å². The van der Waals surface area contributed by atoms with Crippen LogP contribution in [-0.4, -0.2) is 31.8 Å². The van der Waals surface area contributed by atoms with Crippen molar-refractivity contribution in [3.8, 4) is 0 Å². The minimum atomic E-state index is -0.141. The molecule has 0 bridgehead atoms. The normalized spacial score (nSPS) is 22.7. The number of aromatic amines is 1. The third-order valence-electron chi connectivity index (χ3n) is 4.68. The van der Waals surface area contributed by atoms with E-state index < -0.39 is 0 Å². The molecule has 0 saturated heterocycles. The van der Waals surface area contributed by atoms with Crippen LogP contribution in [0.4, 0.5) is 0 Å². The largest absolute Gasteiger partial charge is 0.369 e. The number of carbonyl (C=O) groups excluding carboxylic acids is 1. The predicted molar refractivity (Wildman–Crippen MR) is 83.0 cm³/mol. The quantitative estimate of drug-likeness (QED) is 0.899. The maximum Gasteiger partial charge on any atom is 0.272 e. The van der Waals surface area contributed by atoms with E-state index in [9.17, 15) is 4.79 Å². The van der Waals surface area contributed by atoms with Crippen molar-refractivity contribution >= 4 is 5.91 Å². The summed E-state index contributed by atoms with van der Waals surface area (Å²) in [6.07, 6.45) is 4.76. The second-order valence-electron chi connectivity index (χ2n) is 6.36. The Morgan fingerprint density at radius 2 is 2.39 bits per heavy atom. The van der Waals surface area contributed by atoms with Gasteiger partial charge in [0.15, 0.2) is 5.69 Å². The molecule has 23 heavy (non-hydrogen) atoms. The Balaban J connectivity index is 1.50. The van der Waals surface area contributed by atoms with E-state index in [1.54, 1.807) is 0 Å². The van der Waals surface area contributed by atoms with E-state index in [-0.39, 0.29) is 18.1 Å². The third-order valence-corrected chi connectivity index (χ3v) is 4.68. The molecule has 2 aliphatic heterocycles. The fraction of sp³-hybridized carbons (Fsp3) is 0.562. The summed E-state index contributed by atoms with van der Waals surface area (Å²) in [5.41, 5.74) is 3.44. The maximum absolute atomic E-state index is 12.5. The fourth-order valence-electron chi connectivity index (χ4n) is 3.58. The lowest BCUT2D eigenvalue weighted by molar-refractivity contribution is -0.00697. The van der Waals surface area contributed by atoms with Crippen LogP contribution in [0.2, 0.25) is 0 Å². The van der Waals surface area contributed by atoms with Crippen molar-refractivity contribution in [2.75, 3.05) is 0 Å². The number of nitrogens with zero attached hydrogens (tertiary/aromatic N) is 3. The summed E-state index contributed by atoms with van der Waals surface area (Å²) in [5, 5.41) is 10.1. The first kappa shape index (κ1) is 14.4. The highest BCUT2D eigenvalue weighted by molar-refractivity contribution is 5.94. The molecule has 122 valence electrons. The van der Waals surface area contributed by atoms with Crippen molar-refractivity contribution < 1.29 is 9.53 Å². The second kappa shape index (κ2) is 5.49. The zero-order valence-corrected chi connectivity index (χ0v) is 13.4. The van der Waals surface area contributed by atoms with Crippen LogP contribution < -0.4 is 5.32 Å². The van der Waals surface area contributed by atoms with Crippen LogP contribution in [0.25, 0.3) is 0 Å². The number of carbonyl (C=O) groups is 1. The maximum atomic E-state index is 12.5. The molecule has 7 nitrogen and oxygen atoms in total. The van der Waals surface area contributed by atoms with Gasteiger partial charge < -0.3 is 14.6 Å². The van der Waals surface area contributed by atoms with Crippen LogP contribution >= 0.6 is 0 Å². The summed E-state index contributed by atoms with van der Waals surface area (Å²) in [6, 6.07) is 0. The molecule has 0 radical (unpaired) electrons. The number of fused-ring (bicyclic) bond motifs is 2. The van der Waals surface area contributed by atoms with Gasteiger partial charge in [-0.3, -0.25) is 9.89 Å². The molecule has 0 saturated carbocycles. The number of amides is 1. The number of nitrogens with one attached hydrogen (secondary N) is 2. The molecular formula is C16H21N5O2. The number of H-pyrrole nitrogens is 1. The lowest BCUT2D eigenvalue weighted by Gasteiger charge is -2.25. The van der Waals surface area contributed by atoms with E-state index in [0.29, 0.717) is 18.7 Å². The van der Waals surface area contributed by atoms with Crippen molar-refractivity contribution in [1.82, 2.24) is 25.1 Å². The molecule has 0 aliphatic carbocycles. The smallest absolute Gasteiger partial charge is 0.272 e. The molecular weight excluding hydrogens is 294 g/mol. The zero-order chi connectivity index (χ0) is 16.0. The van der Waals surface area contributed by atoms with E-state index >= 15 is 0 Å². The van der Waals surface area contributed by atoms with Crippen LogP contribution in [-0.2, 0) is 30.7 Å². The van der Waals surface area contributed by atoms with Gasteiger partial charge in [0.2, 0.25) is 0 Å². The lowest BCUT2D eigenvalue weighted by atomic mass is 9.99. The summed E-state index contributed by atoms with van der Waals surface area (Å²) in [6.45, 7) is 5.47. The average molecular weight is 315 g/mol. The van der Waals surface area contributed by atoms with E-state index in [0.717, 1.165) is 42.2 Å². The SMILES string of the molecule is C[C@@H]1Cc2c(C(=O)NCc3cnc4n3CCC4)n[nH]c2[C@H](C)O1. The summed E-state index contributed by atoms with van der Waals surface area (Å²) >= 11 is 0. The Labute approximate surface area is 134 Å². The molecule has 0 aromatic carbocycles. The third kappa shape index (κ3) is 2.45. The monoisotopic (exact) mass is 315 g/mol. The first-order valence-corrected chi connectivity index (χ1v) is 8.17. The van der Waals surface area contributed by atoms with Crippen molar-refractivity contribution in [3.63, 3.8) is 0 Å². The molecule has 0 spiro atoms. The number of imidazole rings is 1. The molecule has 2 aliphatic rings. The topological polar surface area (TPSA) is 84.8 Å². The van der Waals surface area contributed by atoms with Crippen molar-refractivity contribution in [2.45, 2.75) is 58.4 Å². The Kier molecular flexibility index (Phi) is 3.45. The standard InChI is InChI=1S/C16H21N5O2/c1-9-6-12-14(10(2)23-9)19-20-15(12)16(22)18-8-11-7-17-13-4-3-5-21(11)13/h7,9-10H,3-6,8H2,1-2H3,(H,18,22)(H,19,20)/t9-,10+/m1/s1. The zero-order valence-electron chi connectivity index (χ0n) is 13.4. The van der Waals surface area contributed by atoms with Gasteiger partial charge >= 0.3 is 0 Å². The van der Waals surface area contributed by atoms with Gasteiger partial charge in [-0.15, -0.1) is 0 Å². The number of hydrogen-bond acceptors (Lipinski definition) is 4. The Morgan fingerprint density at radius 1 is 1.52 bits per heavy atom. The van der Waals surface area contributed by atoms with Gasteiger partial charge in [-0.05, 0) is 20.3 Å². The van der Waals surface area contributed by atoms with Crippen LogP contribution in [0.5, 0.6) is 0 Å². The van der Waals surface area contributed by atoms with Gasteiger partial charge in [0.25, 0.3) is 5.91 Å². The van der Waals surface area contributed by atoms with Crippen molar-refractivity contribution in [3.05, 3.63) is 34.7 Å². The first-order chi connectivity index (χ1) is 11.1. The summed E-state index contributed by atoms with van der Waals surface area (Å²) in [5.74, 6) is 0.976. The van der Waals surface area contributed by atoms with Crippen LogP contribution in [0.1, 0.15) is 59.6 Å². The summed E-state index contributed by atoms with van der Waals surface area (Å²) in [4.78, 5) is 16.9. The highest BCUT2D eigenvalue weighted by Gasteiger charge is 2.29. The predicted octanol–water partition coefficient (Wildman–Crippen LogP) is 1.50. The number of aromatic nitrogens is 4. The minimum absolute atomic E-state index is 0.0547. The first-order valence-electron chi connectivity index (χ1n) is 8.17. The Hall–Kier alpha value is -2.15. The minimum Gasteiger partial charge on any atom is -0.369 e. The molecule has 4 heterocycles. The molecule has 0 fully saturated rings. The van der Waals surface area contributed by atoms with Crippen LogP contribution in [0.3, 0.4) is 0 Å². The van der Waals surface area contributed by atoms with Gasteiger partial charge in [0.1, 0.15) is 5.82 Å². The Bertz CT molecular complexity index is 748. The molecule has 7 heteroatoms. The van der Waals surface area contributed by atoms with E-state index in [1.165, 1.54) is 0 Å². The van der Waals surface area contributed by atoms with Gasteiger partial charge in [-0.2, -0.15) is 5.10 Å². The molecule has 2 aromatic heterocycles. The number of ether oxygens (including phenoxy) is 1. The highest BCUT2D eigenvalue weighted by atomic mass is 16.5. The lowest BCUT2D eigenvalue weighted by Crippen LogP contribution is -2.28. The number of hydrogen-bond donors (Lipinski definition) is 2. The molecule has 0 unspecified atom stereocenters. The second-order valence-corrected chi connectivity index (χ2v) is 6.36. The summed E-state index contributed by atoms with van der Waals surface area (Å²) in [7, 11) is 0. The van der Waals surface area contributed by atoms with Crippen molar-refractivity contribution in [2.24, 2.45) is 0 Å². The van der Waals surface area contributed by atoms with E-state index in [2.05, 4.69) is 25.1 Å². The molecule has 2 N–H and O–H groups in total. The highest BCUT2D eigenvalue weighted by Crippen LogP contribution is 2.30. The Morgan fingerprint density at radius 3 is 3.26 bits per heavy atom. The number of aryl methyl sites for hydroxylation is 1. The van der Waals surface area contributed by atoms with Gasteiger partial charge in [-0.25, -0.2) is 4.98 Å². The van der Waals surface area contributed by atoms with E-state index in [1.807, 2.05) is 20.0 Å². The van der Waals surface area contributed by atoms with Crippen LogP contribution in [0.15, 0.2) is 6.20 Å².